The van der Waals surface area contributed by atoms with Gasteiger partial charge in [0.05, 0.1) is 6.04 Å². The number of benzene rings is 1. The van der Waals surface area contributed by atoms with Crippen molar-refractivity contribution in [2.24, 2.45) is 10.4 Å². The SMILES string of the molecule is CCn1c(=O)/c(=C\Nc2cc(Cl)cc(NC(=O)C(C)(C)C)c2)s/c1=C(/C#N)C1=N[C@H]2CCC[C@H]2O1. The summed E-state index contributed by atoms with van der Waals surface area (Å²) in [6.45, 7) is 7.75. The second kappa shape index (κ2) is 9.88. The van der Waals surface area contributed by atoms with Gasteiger partial charge in [0.15, 0.2) is 0 Å². The molecule has 2 heterocycles. The number of nitriles is 1. The molecular formula is C25H28ClN5O3S. The Morgan fingerprint density at radius 1 is 1.34 bits per heavy atom. The number of rotatable bonds is 5. The summed E-state index contributed by atoms with van der Waals surface area (Å²) in [5, 5.41) is 16.3. The Morgan fingerprint density at radius 3 is 2.74 bits per heavy atom. The van der Waals surface area contributed by atoms with E-state index in [9.17, 15) is 14.9 Å². The first-order valence-corrected chi connectivity index (χ1v) is 12.8. The summed E-state index contributed by atoms with van der Waals surface area (Å²) < 4.78 is 8.47. The minimum atomic E-state index is -0.554. The molecule has 2 aliphatic rings. The molecule has 2 aromatic rings. The fraction of sp³-hybridized carbons (Fsp3) is 0.440. The third-order valence-corrected chi connectivity index (χ3v) is 7.28. The van der Waals surface area contributed by atoms with E-state index in [4.69, 9.17) is 16.3 Å². The molecule has 2 atom stereocenters. The van der Waals surface area contributed by atoms with E-state index in [1.807, 2.05) is 27.7 Å². The van der Waals surface area contributed by atoms with Crippen LogP contribution in [0.1, 0.15) is 47.0 Å². The molecule has 1 saturated carbocycles. The maximum atomic E-state index is 13.1. The minimum absolute atomic E-state index is 0.0265. The van der Waals surface area contributed by atoms with E-state index in [0.717, 1.165) is 19.3 Å². The molecule has 0 bridgehead atoms. The number of aromatic nitrogens is 1. The normalized spacial score (nSPS) is 20.6. The smallest absolute Gasteiger partial charge is 0.270 e. The highest BCUT2D eigenvalue weighted by molar-refractivity contribution is 7.07. The van der Waals surface area contributed by atoms with Gasteiger partial charge in [-0.3, -0.25) is 14.2 Å². The molecule has 0 unspecified atom stereocenters. The van der Waals surface area contributed by atoms with Gasteiger partial charge in [-0.2, -0.15) is 5.26 Å². The lowest BCUT2D eigenvalue weighted by atomic mass is 9.95. The van der Waals surface area contributed by atoms with E-state index >= 15 is 0 Å². The zero-order valence-corrected chi connectivity index (χ0v) is 21.7. The number of hydrogen-bond acceptors (Lipinski definition) is 7. The van der Waals surface area contributed by atoms with E-state index in [0.29, 0.717) is 38.0 Å². The van der Waals surface area contributed by atoms with Crippen LogP contribution in [0.2, 0.25) is 5.02 Å². The topological polar surface area (TPSA) is 109 Å². The monoisotopic (exact) mass is 513 g/mol. The molecule has 1 aromatic heterocycles. The molecule has 1 aromatic carbocycles. The van der Waals surface area contributed by atoms with Crippen molar-refractivity contribution in [1.82, 2.24) is 4.57 Å². The van der Waals surface area contributed by atoms with Crippen molar-refractivity contribution < 1.29 is 9.53 Å². The van der Waals surface area contributed by atoms with Gasteiger partial charge in [0.2, 0.25) is 11.8 Å². The number of aliphatic imine (C=N–C) groups is 1. The zero-order chi connectivity index (χ0) is 25.3. The molecule has 4 rings (SSSR count). The molecule has 1 aliphatic heterocycles. The highest BCUT2D eigenvalue weighted by atomic mass is 35.5. The van der Waals surface area contributed by atoms with Crippen LogP contribution in [0.15, 0.2) is 28.0 Å². The van der Waals surface area contributed by atoms with Crippen molar-refractivity contribution in [1.29, 1.82) is 5.26 Å². The molecule has 1 aliphatic carbocycles. The summed E-state index contributed by atoms with van der Waals surface area (Å²) in [6.07, 6.45) is 4.58. The van der Waals surface area contributed by atoms with Crippen molar-refractivity contribution in [3.63, 3.8) is 0 Å². The van der Waals surface area contributed by atoms with Crippen LogP contribution in [0, 0.1) is 16.7 Å². The van der Waals surface area contributed by atoms with Gasteiger partial charge >= 0.3 is 0 Å². The summed E-state index contributed by atoms with van der Waals surface area (Å²) in [6, 6.07) is 7.40. The fourth-order valence-electron chi connectivity index (χ4n) is 4.03. The van der Waals surface area contributed by atoms with Gasteiger partial charge in [-0.1, -0.05) is 32.4 Å². The Morgan fingerprint density at radius 2 is 2.09 bits per heavy atom. The summed E-state index contributed by atoms with van der Waals surface area (Å²) in [7, 11) is 0. The van der Waals surface area contributed by atoms with Crippen LogP contribution >= 0.6 is 22.9 Å². The number of thiazole rings is 1. The second-order valence-corrected chi connectivity index (χ2v) is 11.1. The Bertz CT molecular complexity index is 1410. The number of halogens is 1. The minimum Gasteiger partial charge on any atom is -0.471 e. The first-order valence-electron chi connectivity index (χ1n) is 11.6. The lowest BCUT2D eigenvalue weighted by molar-refractivity contribution is -0.123. The number of ether oxygens (including phenoxy) is 1. The molecule has 10 heteroatoms. The first kappa shape index (κ1) is 25.0. The predicted molar refractivity (Wildman–Crippen MR) is 140 cm³/mol. The van der Waals surface area contributed by atoms with Gasteiger partial charge in [-0.05, 0) is 44.4 Å². The van der Waals surface area contributed by atoms with Crippen molar-refractivity contribution in [3.05, 3.63) is 42.8 Å². The van der Waals surface area contributed by atoms with Gasteiger partial charge in [-0.25, -0.2) is 4.99 Å². The maximum absolute atomic E-state index is 13.1. The third kappa shape index (κ3) is 5.29. The van der Waals surface area contributed by atoms with Crippen molar-refractivity contribution >= 4 is 57.9 Å². The second-order valence-electron chi connectivity index (χ2n) is 9.62. The third-order valence-electron chi connectivity index (χ3n) is 5.93. The summed E-state index contributed by atoms with van der Waals surface area (Å²) >= 11 is 7.46. The van der Waals surface area contributed by atoms with Crippen LogP contribution in [-0.4, -0.2) is 28.5 Å². The largest absolute Gasteiger partial charge is 0.471 e. The Hall–Kier alpha value is -3.09. The van der Waals surface area contributed by atoms with E-state index in [2.05, 4.69) is 21.7 Å². The average molecular weight is 514 g/mol. The quantitative estimate of drug-likeness (QED) is 0.636. The first-order chi connectivity index (χ1) is 16.6. The van der Waals surface area contributed by atoms with E-state index in [1.54, 1.807) is 29.0 Å². The van der Waals surface area contributed by atoms with Crippen molar-refractivity contribution in [2.75, 3.05) is 10.6 Å². The van der Waals surface area contributed by atoms with Gasteiger partial charge in [0.1, 0.15) is 26.9 Å². The number of nitrogens with zero attached hydrogens (tertiary/aromatic N) is 3. The van der Waals surface area contributed by atoms with Crippen LogP contribution in [0.5, 0.6) is 0 Å². The Kier molecular flexibility index (Phi) is 7.06. The lowest BCUT2D eigenvalue weighted by Gasteiger charge is -2.18. The maximum Gasteiger partial charge on any atom is 0.270 e. The fourth-order valence-corrected chi connectivity index (χ4v) is 5.35. The molecule has 0 radical (unpaired) electrons. The molecule has 184 valence electrons. The number of nitrogens with one attached hydrogen (secondary N) is 2. The Labute approximate surface area is 212 Å². The van der Waals surface area contributed by atoms with Crippen molar-refractivity contribution in [3.8, 4) is 6.07 Å². The highest BCUT2D eigenvalue weighted by Gasteiger charge is 2.36. The molecule has 0 spiro atoms. The number of carbonyl (C=O) groups is 1. The van der Waals surface area contributed by atoms with E-state index in [-0.39, 0.29) is 29.2 Å². The van der Waals surface area contributed by atoms with Gasteiger partial charge < -0.3 is 15.4 Å². The van der Waals surface area contributed by atoms with Crippen LogP contribution in [0.25, 0.3) is 11.8 Å². The highest BCUT2D eigenvalue weighted by Crippen LogP contribution is 2.31. The van der Waals surface area contributed by atoms with E-state index < -0.39 is 5.41 Å². The molecule has 35 heavy (non-hydrogen) atoms. The number of anilines is 2. The van der Waals surface area contributed by atoms with Crippen LogP contribution in [0.3, 0.4) is 0 Å². The van der Waals surface area contributed by atoms with Gasteiger partial charge in [-0.15, -0.1) is 11.3 Å². The molecule has 1 amide bonds. The number of fused-ring (bicyclic) bond motifs is 1. The summed E-state index contributed by atoms with van der Waals surface area (Å²) in [4.78, 5) is 30.0. The number of carbonyl (C=O) groups excluding carboxylic acids is 1. The van der Waals surface area contributed by atoms with Crippen LogP contribution in [-0.2, 0) is 16.1 Å². The average Bonchev–Trinajstić information content (AvgIpc) is 3.46. The van der Waals surface area contributed by atoms with Crippen molar-refractivity contribution in [2.45, 2.75) is 65.6 Å². The molecule has 8 nitrogen and oxygen atoms in total. The zero-order valence-electron chi connectivity index (χ0n) is 20.1. The molecule has 1 fully saturated rings. The van der Waals surface area contributed by atoms with E-state index in [1.165, 1.54) is 11.3 Å². The molecule has 2 N–H and O–H groups in total. The number of amides is 1. The lowest BCUT2D eigenvalue weighted by Crippen LogP contribution is -2.32. The molecular weight excluding hydrogens is 486 g/mol. The Balaban J connectivity index is 1.68. The summed E-state index contributed by atoms with van der Waals surface area (Å²) in [5.41, 5.74) is 0.683. The summed E-state index contributed by atoms with van der Waals surface area (Å²) in [5.74, 6) is 0.198. The van der Waals surface area contributed by atoms with Gasteiger partial charge in [0.25, 0.3) is 5.56 Å². The standard InChI is InChI=1S/C25H28ClN5O3S/c1-5-31-22(32)20(35-23(31)17(12-27)21-30-18-7-6-8-19(18)34-21)13-28-15-9-14(26)10-16(11-15)29-24(33)25(2,3)4/h9-11,13,18-19,28H,5-8H2,1-4H3,(H,29,33)/b20-13+,23-17-/t18-,19+/m0/s1. The predicted octanol–water partition coefficient (Wildman–Crippen LogP) is 3.44. The number of hydrogen-bond donors (Lipinski definition) is 2. The van der Waals surface area contributed by atoms with Crippen LogP contribution in [0.4, 0.5) is 11.4 Å². The van der Waals surface area contributed by atoms with Gasteiger partial charge in [0, 0.05) is 34.6 Å². The van der Waals surface area contributed by atoms with Crippen LogP contribution < -0.4 is 25.4 Å². The molecule has 0 saturated heterocycles.